The lowest BCUT2D eigenvalue weighted by molar-refractivity contribution is -0.156. The van der Waals surface area contributed by atoms with Gasteiger partial charge in [-0.1, -0.05) is 13.0 Å². The van der Waals surface area contributed by atoms with Crippen LogP contribution in [0.4, 0.5) is 5.69 Å². The quantitative estimate of drug-likeness (QED) is 0.871. The zero-order valence-corrected chi connectivity index (χ0v) is 10.7. The Balaban J connectivity index is 2.10. The number of benzene rings is 1. The van der Waals surface area contributed by atoms with E-state index in [2.05, 4.69) is 12.2 Å². The van der Waals surface area contributed by atoms with E-state index in [9.17, 15) is 4.79 Å². The SMILES string of the molecule is CCC1(C(=O)Nc2ccc(C)c(C)c2)COC1. The van der Waals surface area contributed by atoms with Gasteiger partial charge in [-0.15, -0.1) is 0 Å². The number of aryl methyl sites for hydroxylation is 2. The third-order valence-corrected chi connectivity index (χ3v) is 3.68. The van der Waals surface area contributed by atoms with Gasteiger partial charge >= 0.3 is 0 Å². The van der Waals surface area contributed by atoms with Crippen molar-refractivity contribution in [3.05, 3.63) is 29.3 Å². The second kappa shape index (κ2) is 4.49. The van der Waals surface area contributed by atoms with Crippen LogP contribution in [0.15, 0.2) is 18.2 Å². The molecule has 0 radical (unpaired) electrons. The van der Waals surface area contributed by atoms with Gasteiger partial charge in [0.1, 0.15) is 0 Å². The number of hydrogen-bond acceptors (Lipinski definition) is 2. The first-order valence-electron chi connectivity index (χ1n) is 6.04. The summed E-state index contributed by atoms with van der Waals surface area (Å²) in [6.45, 7) is 7.23. The van der Waals surface area contributed by atoms with Crippen molar-refractivity contribution in [2.24, 2.45) is 5.41 Å². The van der Waals surface area contributed by atoms with Crippen molar-refractivity contribution in [3.63, 3.8) is 0 Å². The molecule has 0 atom stereocenters. The standard InChI is InChI=1S/C14H19NO2/c1-4-14(8-17-9-14)13(16)15-12-6-5-10(2)11(3)7-12/h5-7H,4,8-9H2,1-3H3,(H,15,16). The van der Waals surface area contributed by atoms with Crippen molar-refractivity contribution in [3.8, 4) is 0 Å². The van der Waals surface area contributed by atoms with E-state index in [-0.39, 0.29) is 11.3 Å². The molecule has 3 heteroatoms. The molecule has 2 rings (SSSR count). The maximum atomic E-state index is 12.2. The van der Waals surface area contributed by atoms with Crippen molar-refractivity contribution >= 4 is 11.6 Å². The van der Waals surface area contributed by atoms with E-state index < -0.39 is 0 Å². The Hall–Kier alpha value is -1.35. The maximum absolute atomic E-state index is 12.2. The number of carbonyl (C=O) groups excluding carboxylic acids is 1. The van der Waals surface area contributed by atoms with Crippen molar-refractivity contribution in [2.75, 3.05) is 18.5 Å². The number of carbonyl (C=O) groups is 1. The van der Waals surface area contributed by atoms with Crippen LogP contribution < -0.4 is 5.32 Å². The van der Waals surface area contributed by atoms with Gasteiger partial charge in [0.15, 0.2) is 0 Å². The van der Waals surface area contributed by atoms with Crippen molar-refractivity contribution in [1.29, 1.82) is 0 Å². The zero-order valence-electron chi connectivity index (χ0n) is 10.7. The van der Waals surface area contributed by atoms with Gasteiger partial charge in [-0.05, 0) is 43.5 Å². The molecule has 17 heavy (non-hydrogen) atoms. The number of ether oxygens (including phenoxy) is 1. The lowest BCUT2D eigenvalue weighted by Gasteiger charge is -2.39. The summed E-state index contributed by atoms with van der Waals surface area (Å²) in [7, 11) is 0. The number of rotatable bonds is 3. The molecule has 3 nitrogen and oxygen atoms in total. The summed E-state index contributed by atoms with van der Waals surface area (Å²) in [5, 5.41) is 2.98. The Labute approximate surface area is 102 Å². The number of hydrogen-bond donors (Lipinski definition) is 1. The number of anilines is 1. The maximum Gasteiger partial charge on any atom is 0.235 e. The summed E-state index contributed by atoms with van der Waals surface area (Å²) in [6, 6.07) is 5.99. The van der Waals surface area contributed by atoms with Crippen LogP contribution >= 0.6 is 0 Å². The van der Waals surface area contributed by atoms with Gasteiger partial charge < -0.3 is 10.1 Å². The first-order valence-corrected chi connectivity index (χ1v) is 6.04. The highest BCUT2D eigenvalue weighted by Gasteiger charge is 2.44. The monoisotopic (exact) mass is 233 g/mol. The topological polar surface area (TPSA) is 38.3 Å². The fourth-order valence-corrected chi connectivity index (χ4v) is 1.93. The van der Waals surface area contributed by atoms with Crippen LogP contribution in [0.2, 0.25) is 0 Å². The van der Waals surface area contributed by atoms with Crippen LogP contribution in [-0.4, -0.2) is 19.1 Å². The predicted molar refractivity (Wildman–Crippen MR) is 68.1 cm³/mol. The average Bonchev–Trinajstić information content (AvgIpc) is 2.23. The summed E-state index contributed by atoms with van der Waals surface area (Å²) in [5.41, 5.74) is 3.00. The molecule has 1 aliphatic rings. The molecule has 0 spiro atoms. The molecular formula is C14H19NO2. The molecule has 1 saturated heterocycles. The molecule has 1 aromatic carbocycles. The van der Waals surface area contributed by atoms with Gasteiger partial charge in [0.25, 0.3) is 0 Å². The molecule has 0 bridgehead atoms. The lowest BCUT2D eigenvalue weighted by Crippen LogP contribution is -2.51. The summed E-state index contributed by atoms with van der Waals surface area (Å²) in [6.07, 6.45) is 0.823. The Morgan fingerprint density at radius 2 is 2.06 bits per heavy atom. The van der Waals surface area contributed by atoms with E-state index in [1.165, 1.54) is 11.1 Å². The van der Waals surface area contributed by atoms with Crippen molar-refractivity contribution < 1.29 is 9.53 Å². The smallest absolute Gasteiger partial charge is 0.235 e. The molecule has 0 saturated carbocycles. The zero-order chi connectivity index (χ0) is 12.5. The van der Waals surface area contributed by atoms with Crippen LogP contribution in [0.5, 0.6) is 0 Å². The molecule has 0 aromatic heterocycles. The van der Waals surface area contributed by atoms with Gasteiger partial charge in [0.2, 0.25) is 5.91 Å². The van der Waals surface area contributed by atoms with Gasteiger partial charge in [-0.3, -0.25) is 4.79 Å². The molecular weight excluding hydrogens is 214 g/mol. The molecule has 0 unspecified atom stereocenters. The molecule has 1 N–H and O–H groups in total. The average molecular weight is 233 g/mol. The minimum atomic E-state index is -0.307. The van der Waals surface area contributed by atoms with Crippen LogP contribution in [0, 0.1) is 19.3 Å². The highest BCUT2D eigenvalue weighted by Crippen LogP contribution is 2.32. The van der Waals surface area contributed by atoms with E-state index in [1.807, 2.05) is 32.0 Å². The highest BCUT2D eigenvalue weighted by molar-refractivity contribution is 5.96. The molecule has 92 valence electrons. The summed E-state index contributed by atoms with van der Waals surface area (Å²) >= 11 is 0. The van der Waals surface area contributed by atoms with Crippen molar-refractivity contribution in [1.82, 2.24) is 0 Å². The van der Waals surface area contributed by atoms with Gasteiger partial charge in [0.05, 0.1) is 18.6 Å². The Kier molecular flexibility index (Phi) is 3.20. The lowest BCUT2D eigenvalue weighted by atomic mass is 9.82. The van der Waals surface area contributed by atoms with E-state index in [0.717, 1.165) is 12.1 Å². The second-order valence-electron chi connectivity index (χ2n) is 4.88. The Morgan fingerprint density at radius 3 is 2.53 bits per heavy atom. The summed E-state index contributed by atoms with van der Waals surface area (Å²) < 4.78 is 5.17. The fraction of sp³-hybridized carbons (Fsp3) is 0.500. The molecule has 1 fully saturated rings. The predicted octanol–water partition coefficient (Wildman–Crippen LogP) is 2.67. The third-order valence-electron chi connectivity index (χ3n) is 3.68. The third kappa shape index (κ3) is 2.20. The summed E-state index contributed by atoms with van der Waals surface area (Å²) in [5.74, 6) is 0.0782. The molecule has 1 amide bonds. The molecule has 0 aliphatic carbocycles. The van der Waals surface area contributed by atoms with Gasteiger partial charge in [-0.25, -0.2) is 0 Å². The first kappa shape index (κ1) is 12.1. The van der Waals surface area contributed by atoms with E-state index in [4.69, 9.17) is 4.74 Å². The van der Waals surface area contributed by atoms with Crippen LogP contribution in [0.25, 0.3) is 0 Å². The Bertz CT molecular complexity index is 430. The van der Waals surface area contributed by atoms with Crippen LogP contribution in [0.3, 0.4) is 0 Å². The van der Waals surface area contributed by atoms with Crippen LogP contribution in [0.1, 0.15) is 24.5 Å². The van der Waals surface area contributed by atoms with Crippen LogP contribution in [-0.2, 0) is 9.53 Å². The number of nitrogens with one attached hydrogen (secondary N) is 1. The van der Waals surface area contributed by atoms with E-state index in [1.54, 1.807) is 0 Å². The first-order chi connectivity index (χ1) is 8.07. The largest absolute Gasteiger partial charge is 0.379 e. The van der Waals surface area contributed by atoms with Gasteiger partial charge in [0, 0.05) is 5.69 Å². The molecule has 1 aliphatic heterocycles. The van der Waals surface area contributed by atoms with E-state index >= 15 is 0 Å². The fourth-order valence-electron chi connectivity index (χ4n) is 1.93. The minimum Gasteiger partial charge on any atom is -0.379 e. The van der Waals surface area contributed by atoms with E-state index in [0.29, 0.717) is 13.2 Å². The Morgan fingerprint density at radius 1 is 1.35 bits per heavy atom. The molecule has 1 aromatic rings. The minimum absolute atomic E-state index is 0.0782. The normalized spacial score (nSPS) is 17.4. The molecule has 1 heterocycles. The highest BCUT2D eigenvalue weighted by atomic mass is 16.5. The number of amides is 1. The summed E-state index contributed by atoms with van der Waals surface area (Å²) in [4.78, 5) is 12.2. The van der Waals surface area contributed by atoms with Crippen molar-refractivity contribution in [2.45, 2.75) is 27.2 Å². The second-order valence-corrected chi connectivity index (χ2v) is 4.88. The van der Waals surface area contributed by atoms with Gasteiger partial charge in [-0.2, -0.15) is 0 Å².